The minimum atomic E-state index is -0.0202. The third-order valence-electron chi connectivity index (χ3n) is 5.85. The summed E-state index contributed by atoms with van der Waals surface area (Å²) in [6.45, 7) is 1.97. The number of hydrogen-bond acceptors (Lipinski definition) is 6. The maximum absolute atomic E-state index is 12.0. The molecule has 0 aliphatic heterocycles. The Labute approximate surface area is 199 Å². The molecule has 0 saturated heterocycles. The summed E-state index contributed by atoms with van der Waals surface area (Å²) in [7, 11) is 0. The van der Waals surface area contributed by atoms with Crippen LogP contribution in [-0.2, 0) is 4.79 Å². The summed E-state index contributed by atoms with van der Waals surface area (Å²) >= 11 is 0. The molecule has 3 N–H and O–H groups in total. The van der Waals surface area contributed by atoms with E-state index < -0.39 is 0 Å². The molecule has 9 nitrogen and oxygen atoms in total. The molecule has 0 atom stereocenters. The smallest absolute Gasteiger partial charge is 0.224 e. The minimum absolute atomic E-state index is 0.0202. The van der Waals surface area contributed by atoms with Crippen molar-refractivity contribution < 1.29 is 9.21 Å². The van der Waals surface area contributed by atoms with Crippen molar-refractivity contribution >= 4 is 33.5 Å². The van der Waals surface area contributed by atoms with E-state index in [-0.39, 0.29) is 5.91 Å². The normalized spacial score (nSPS) is 11.3. The number of benzene rings is 1. The molecule has 0 aliphatic rings. The van der Waals surface area contributed by atoms with Gasteiger partial charge in [0.2, 0.25) is 5.91 Å². The van der Waals surface area contributed by atoms with Crippen LogP contribution in [0.25, 0.3) is 55.7 Å². The summed E-state index contributed by atoms with van der Waals surface area (Å²) < 4.78 is 5.24. The number of rotatable bonds is 6. The van der Waals surface area contributed by atoms with Crippen molar-refractivity contribution in [2.75, 3.05) is 5.32 Å². The number of aromatic amines is 2. The number of amides is 1. The third kappa shape index (κ3) is 3.82. The van der Waals surface area contributed by atoms with Gasteiger partial charge in [-0.3, -0.25) is 19.9 Å². The molecule has 5 heterocycles. The van der Waals surface area contributed by atoms with Crippen LogP contribution in [0.15, 0.2) is 72.1 Å². The number of carbonyl (C=O) groups excluding carboxylic acids is 1. The number of pyridine rings is 2. The van der Waals surface area contributed by atoms with Crippen LogP contribution in [0.3, 0.4) is 0 Å². The first-order chi connectivity index (χ1) is 17.2. The molecule has 6 aromatic rings. The second-order valence-electron chi connectivity index (χ2n) is 8.27. The Morgan fingerprint density at radius 2 is 1.91 bits per heavy atom. The summed E-state index contributed by atoms with van der Waals surface area (Å²) in [6, 6.07) is 9.83. The Bertz CT molecular complexity index is 1660. The fraction of sp³-hybridized carbons (Fsp3) is 0.115. The van der Waals surface area contributed by atoms with Crippen molar-refractivity contribution in [1.29, 1.82) is 0 Å². The van der Waals surface area contributed by atoms with Gasteiger partial charge in [-0.2, -0.15) is 5.10 Å². The Kier molecular flexibility index (Phi) is 5.07. The number of aromatic nitrogens is 6. The molecule has 6 rings (SSSR count). The summed E-state index contributed by atoms with van der Waals surface area (Å²) in [6.07, 6.45) is 11.5. The predicted molar refractivity (Wildman–Crippen MR) is 133 cm³/mol. The lowest BCUT2D eigenvalue weighted by Crippen LogP contribution is -2.10. The number of nitrogens with zero attached hydrogens (tertiary/aromatic N) is 4. The average molecular weight is 464 g/mol. The van der Waals surface area contributed by atoms with Crippen LogP contribution >= 0.6 is 0 Å². The molecule has 0 fully saturated rings. The molecular formula is C26H21N7O2. The zero-order valence-corrected chi connectivity index (χ0v) is 18.9. The fourth-order valence-corrected chi connectivity index (χ4v) is 4.16. The van der Waals surface area contributed by atoms with E-state index in [4.69, 9.17) is 9.40 Å². The molecule has 0 bridgehead atoms. The third-order valence-corrected chi connectivity index (χ3v) is 5.85. The van der Waals surface area contributed by atoms with Crippen LogP contribution in [0, 0.1) is 0 Å². The van der Waals surface area contributed by atoms with Gasteiger partial charge in [0.1, 0.15) is 11.2 Å². The van der Waals surface area contributed by atoms with Gasteiger partial charge in [-0.15, -0.1) is 0 Å². The maximum atomic E-state index is 12.0. The quantitative estimate of drug-likeness (QED) is 0.297. The van der Waals surface area contributed by atoms with Gasteiger partial charge < -0.3 is 14.7 Å². The minimum Gasteiger partial charge on any atom is -0.472 e. The molecule has 1 aromatic carbocycles. The predicted octanol–water partition coefficient (Wildman–Crippen LogP) is 5.56. The van der Waals surface area contributed by atoms with E-state index in [9.17, 15) is 4.79 Å². The second kappa shape index (κ2) is 8.53. The van der Waals surface area contributed by atoms with Gasteiger partial charge in [-0.25, -0.2) is 4.98 Å². The van der Waals surface area contributed by atoms with E-state index >= 15 is 0 Å². The molecule has 0 saturated carbocycles. The first-order valence-electron chi connectivity index (χ1n) is 11.3. The number of fused-ring (bicyclic) bond motifs is 2. The molecule has 1 amide bonds. The Hall–Kier alpha value is -4.79. The monoisotopic (exact) mass is 463 g/mol. The van der Waals surface area contributed by atoms with Crippen molar-refractivity contribution in [2.24, 2.45) is 0 Å². The Morgan fingerprint density at radius 1 is 1.00 bits per heavy atom. The van der Waals surface area contributed by atoms with E-state index in [1.807, 2.05) is 37.3 Å². The van der Waals surface area contributed by atoms with Gasteiger partial charge in [0.15, 0.2) is 5.82 Å². The molecule has 0 radical (unpaired) electrons. The summed E-state index contributed by atoms with van der Waals surface area (Å²) in [5.41, 5.74) is 7.51. The standard InChI is InChI=1S/C26H21N7O2/c1-2-3-23(34)29-18-8-17(10-27-11-18)15-4-5-21-19(9-15)25(33-32-21)26-30-22-13-28-12-20(24(22)31-26)16-6-7-35-14-16/h4-14H,2-3H2,1H3,(H,29,34)(H,30,31)(H,32,33). The Balaban J connectivity index is 1.40. The lowest BCUT2D eigenvalue weighted by molar-refractivity contribution is -0.116. The molecule has 172 valence electrons. The molecule has 0 unspecified atom stereocenters. The van der Waals surface area contributed by atoms with Crippen molar-refractivity contribution in [3.63, 3.8) is 0 Å². The molecule has 35 heavy (non-hydrogen) atoms. The van der Waals surface area contributed by atoms with E-state index in [0.717, 1.165) is 50.6 Å². The zero-order valence-electron chi connectivity index (χ0n) is 18.9. The van der Waals surface area contributed by atoms with Crippen LogP contribution in [0.2, 0.25) is 0 Å². The van der Waals surface area contributed by atoms with Gasteiger partial charge in [-0.1, -0.05) is 13.0 Å². The Morgan fingerprint density at radius 3 is 2.77 bits per heavy atom. The number of furan rings is 1. The van der Waals surface area contributed by atoms with Gasteiger partial charge in [0.25, 0.3) is 0 Å². The molecule has 0 spiro atoms. The van der Waals surface area contributed by atoms with Gasteiger partial charge >= 0.3 is 0 Å². The SMILES string of the molecule is CCCC(=O)Nc1cncc(-c2ccc3[nH]nc(-c4nc5c(-c6ccoc6)cncc5[nH]4)c3c2)c1. The van der Waals surface area contributed by atoms with Crippen LogP contribution < -0.4 is 5.32 Å². The zero-order chi connectivity index (χ0) is 23.8. The number of hydrogen-bond donors (Lipinski definition) is 3. The largest absolute Gasteiger partial charge is 0.472 e. The first kappa shape index (κ1) is 20.8. The van der Waals surface area contributed by atoms with Gasteiger partial charge in [0.05, 0.1) is 41.6 Å². The lowest BCUT2D eigenvalue weighted by Gasteiger charge is -2.07. The van der Waals surface area contributed by atoms with Crippen molar-refractivity contribution in [2.45, 2.75) is 19.8 Å². The first-order valence-corrected chi connectivity index (χ1v) is 11.3. The molecule has 5 aromatic heterocycles. The maximum Gasteiger partial charge on any atom is 0.224 e. The van der Waals surface area contributed by atoms with Crippen LogP contribution in [0.1, 0.15) is 19.8 Å². The fourth-order valence-electron chi connectivity index (χ4n) is 4.16. The lowest BCUT2D eigenvalue weighted by atomic mass is 10.0. The molecule has 9 heteroatoms. The molecule has 0 aliphatic carbocycles. The van der Waals surface area contributed by atoms with Crippen molar-refractivity contribution in [3.05, 3.63) is 67.6 Å². The van der Waals surface area contributed by atoms with E-state index in [2.05, 4.69) is 30.5 Å². The van der Waals surface area contributed by atoms with Crippen LogP contribution in [-0.4, -0.2) is 36.0 Å². The average Bonchev–Trinajstić information content (AvgIpc) is 3.63. The highest BCUT2D eigenvalue weighted by atomic mass is 16.3. The number of nitrogens with one attached hydrogen (secondary N) is 3. The number of carbonyl (C=O) groups is 1. The number of imidazole rings is 1. The van der Waals surface area contributed by atoms with E-state index in [1.54, 1.807) is 37.3 Å². The highest BCUT2D eigenvalue weighted by Gasteiger charge is 2.16. The van der Waals surface area contributed by atoms with E-state index in [1.165, 1.54) is 0 Å². The summed E-state index contributed by atoms with van der Waals surface area (Å²) in [4.78, 5) is 28.9. The van der Waals surface area contributed by atoms with Crippen molar-refractivity contribution in [1.82, 2.24) is 30.1 Å². The van der Waals surface area contributed by atoms with Gasteiger partial charge in [0, 0.05) is 40.9 Å². The number of H-pyrrole nitrogens is 2. The highest BCUT2D eigenvalue weighted by molar-refractivity contribution is 5.98. The second-order valence-corrected chi connectivity index (χ2v) is 8.27. The van der Waals surface area contributed by atoms with Gasteiger partial charge in [-0.05, 0) is 36.2 Å². The number of anilines is 1. The summed E-state index contributed by atoms with van der Waals surface area (Å²) in [5, 5.41) is 11.4. The summed E-state index contributed by atoms with van der Waals surface area (Å²) in [5.74, 6) is 0.619. The molecular weight excluding hydrogens is 442 g/mol. The van der Waals surface area contributed by atoms with Crippen LogP contribution in [0.4, 0.5) is 5.69 Å². The van der Waals surface area contributed by atoms with E-state index in [0.29, 0.717) is 23.6 Å². The van der Waals surface area contributed by atoms with Crippen molar-refractivity contribution in [3.8, 4) is 33.8 Å². The highest BCUT2D eigenvalue weighted by Crippen LogP contribution is 2.33. The topological polar surface area (TPSA) is 125 Å². The van der Waals surface area contributed by atoms with Crippen LogP contribution in [0.5, 0.6) is 0 Å².